The molecule has 2 aromatic carbocycles. The first kappa shape index (κ1) is 16.5. The van der Waals surface area contributed by atoms with Crippen molar-refractivity contribution >= 4 is 43.6 Å². The summed E-state index contributed by atoms with van der Waals surface area (Å²) < 4.78 is 1.07. The van der Waals surface area contributed by atoms with Crippen LogP contribution in [-0.4, -0.2) is 32.7 Å². The molecule has 0 radical (unpaired) electrons. The Labute approximate surface area is 141 Å². The third kappa shape index (κ3) is 3.47. The number of hydrogen-bond acceptors (Lipinski definition) is 3. The van der Waals surface area contributed by atoms with E-state index >= 15 is 0 Å². The predicted octanol–water partition coefficient (Wildman–Crippen LogP) is 2.58. The van der Waals surface area contributed by atoms with E-state index in [0.29, 0.717) is 5.57 Å². The molecule has 0 heterocycles. The Morgan fingerprint density at radius 3 is 2.32 bits per heavy atom. The first-order valence-corrected chi connectivity index (χ1v) is 7.76. The van der Waals surface area contributed by atoms with Gasteiger partial charge < -0.3 is 5.11 Å². The number of hydrogen-bond donors (Lipinski definition) is 1. The van der Waals surface area contributed by atoms with Crippen molar-refractivity contribution in [1.29, 1.82) is 0 Å². The molecule has 0 amide bonds. The van der Waals surface area contributed by atoms with Crippen molar-refractivity contribution in [2.75, 3.05) is 0 Å². The van der Waals surface area contributed by atoms with Crippen LogP contribution in [0.3, 0.4) is 0 Å². The van der Waals surface area contributed by atoms with Gasteiger partial charge in [0, 0.05) is 11.1 Å². The van der Waals surface area contributed by atoms with E-state index in [1.807, 2.05) is 24.3 Å². The number of aromatic hydroxyl groups is 1. The van der Waals surface area contributed by atoms with Crippen LogP contribution in [0.2, 0.25) is 5.02 Å². The molecule has 0 aromatic heterocycles. The molecule has 0 aliphatic heterocycles. The van der Waals surface area contributed by atoms with Gasteiger partial charge >= 0.3 is 61.4 Å². The van der Waals surface area contributed by atoms with Crippen molar-refractivity contribution < 1.29 is 14.7 Å². The van der Waals surface area contributed by atoms with E-state index in [-0.39, 0.29) is 28.4 Å². The Balaban J connectivity index is 0.000000188. The molecule has 0 spiro atoms. The van der Waals surface area contributed by atoms with E-state index in [4.69, 9.17) is 11.6 Å². The van der Waals surface area contributed by atoms with Gasteiger partial charge in [-0.1, -0.05) is 12.1 Å². The fraction of sp³-hybridized carbons (Fsp3) is 0.0588. The number of rotatable bonds is 0. The molecule has 1 aliphatic carbocycles. The number of allylic oxidation sites excluding steroid dienone is 2. The number of fused-ring (bicyclic) bond motifs is 1. The molecular formula is C17H13ClO3Se. The Morgan fingerprint density at radius 1 is 1.05 bits per heavy atom. The first-order chi connectivity index (χ1) is 10.4. The molecule has 3 rings (SSSR count). The van der Waals surface area contributed by atoms with Gasteiger partial charge in [0.25, 0.3) is 0 Å². The molecule has 0 bridgehead atoms. The number of phenolic OH excluding ortho intramolecular Hbond substituents is 1. The molecule has 3 nitrogen and oxygen atoms in total. The van der Waals surface area contributed by atoms with Crippen LogP contribution < -0.4 is 4.46 Å². The van der Waals surface area contributed by atoms with E-state index in [1.54, 1.807) is 19.1 Å². The summed E-state index contributed by atoms with van der Waals surface area (Å²) in [6, 6.07) is 12.2. The molecule has 0 atom stereocenters. The van der Waals surface area contributed by atoms with Crippen LogP contribution in [-0.2, 0) is 0 Å². The average Bonchev–Trinajstić information content (AvgIpc) is 2.48. The van der Waals surface area contributed by atoms with E-state index < -0.39 is 0 Å². The number of ketones is 2. The summed E-state index contributed by atoms with van der Waals surface area (Å²) in [7, 11) is 0. The molecular weight excluding hydrogens is 367 g/mol. The first-order valence-electron chi connectivity index (χ1n) is 6.44. The van der Waals surface area contributed by atoms with Gasteiger partial charge in [-0.3, -0.25) is 9.59 Å². The average molecular weight is 380 g/mol. The van der Waals surface area contributed by atoms with E-state index in [1.165, 1.54) is 12.1 Å². The Kier molecular flexibility index (Phi) is 5.19. The zero-order chi connectivity index (χ0) is 16.3. The number of carbonyl (C=O) groups excluding carboxylic acids is 2. The van der Waals surface area contributed by atoms with Crippen molar-refractivity contribution in [2.24, 2.45) is 0 Å². The van der Waals surface area contributed by atoms with Crippen LogP contribution in [0.5, 0.6) is 5.75 Å². The van der Waals surface area contributed by atoms with Gasteiger partial charge in [0.1, 0.15) is 5.75 Å². The van der Waals surface area contributed by atoms with Gasteiger partial charge in [-0.15, -0.1) is 0 Å². The molecule has 1 aliphatic rings. The van der Waals surface area contributed by atoms with Crippen molar-refractivity contribution in [3.63, 3.8) is 0 Å². The maximum absolute atomic E-state index is 11.6. The van der Waals surface area contributed by atoms with Gasteiger partial charge in [0.2, 0.25) is 0 Å². The van der Waals surface area contributed by atoms with Crippen molar-refractivity contribution in [3.05, 3.63) is 70.3 Å². The minimum atomic E-state index is -0.310. The summed E-state index contributed by atoms with van der Waals surface area (Å²) in [5.74, 6) is -0.643. The van der Waals surface area contributed by atoms with Crippen LogP contribution in [0.15, 0.2) is 54.1 Å². The van der Waals surface area contributed by atoms with Gasteiger partial charge in [-0.2, -0.15) is 0 Å². The predicted molar refractivity (Wildman–Crippen MR) is 88.8 cm³/mol. The summed E-state index contributed by atoms with van der Waals surface area (Å²) in [4.78, 5) is 23.1. The summed E-state index contributed by atoms with van der Waals surface area (Å²) in [5, 5.41) is 10.2. The second kappa shape index (κ2) is 6.93. The van der Waals surface area contributed by atoms with E-state index in [9.17, 15) is 14.7 Å². The number of Topliss-reactive ketones (excluding diaryl/α,β-unsaturated/α-hetero) is 1. The van der Waals surface area contributed by atoms with Crippen LogP contribution in [0.1, 0.15) is 27.6 Å². The molecule has 0 fully saturated rings. The molecule has 0 unspecified atom stereocenters. The van der Waals surface area contributed by atoms with Crippen molar-refractivity contribution in [1.82, 2.24) is 0 Å². The van der Waals surface area contributed by atoms with Crippen LogP contribution >= 0.6 is 11.6 Å². The molecule has 112 valence electrons. The SMILES string of the molecule is CC1=CC(=O)c2c(O)cccc2C1=O.Clc1ccccc1[SeH]. The second-order valence-electron chi connectivity index (χ2n) is 4.67. The topological polar surface area (TPSA) is 54.4 Å². The Bertz CT molecular complexity index is 760. The summed E-state index contributed by atoms with van der Waals surface area (Å²) in [6.45, 7) is 1.59. The van der Waals surface area contributed by atoms with Gasteiger partial charge in [0.05, 0.1) is 5.56 Å². The summed E-state index contributed by atoms with van der Waals surface area (Å²) >= 11 is 8.11. The molecule has 0 saturated heterocycles. The van der Waals surface area contributed by atoms with Crippen molar-refractivity contribution in [3.8, 4) is 5.75 Å². The van der Waals surface area contributed by atoms with Crippen LogP contribution in [0.4, 0.5) is 0 Å². The summed E-state index contributed by atoms with van der Waals surface area (Å²) in [5.41, 5.74) is 0.811. The number of phenols is 1. The number of halogens is 1. The van der Waals surface area contributed by atoms with Gasteiger partial charge in [-0.05, 0) is 19.1 Å². The normalized spacial score (nSPS) is 13.0. The molecule has 0 saturated carbocycles. The van der Waals surface area contributed by atoms with Gasteiger partial charge in [0.15, 0.2) is 11.6 Å². The standard InChI is InChI=1S/C11H8O3.C6H5ClSe/c1-6-5-9(13)10-7(11(6)14)3-2-4-8(10)12;7-5-3-1-2-4-6(5)8/h2-5,12H,1H3;1-4,8H. The molecule has 2 aromatic rings. The zero-order valence-corrected chi connectivity index (χ0v) is 14.3. The van der Waals surface area contributed by atoms with E-state index in [0.717, 1.165) is 9.48 Å². The number of carbonyl (C=O) groups is 2. The molecule has 5 heteroatoms. The Morgan fingerprint density at radius 2 is 1.73 bits per heavy atom. The maximum atomic E-state index is 11.6. The third-order valence-corrected chi connectivity index (χ3v) is 4.53. The molecule has 1 N–H and O–H groups in total. The van der Waals surface area contributed by atoms with Gasteiger partial charge in [-0.25, -0.2) is 0 Å². The fourth-order valence-electron chi connectivity index (χ4n) is 1.99. The molecule has 22 heavy (non-hydrogen) atoms. The Hall–Kier alpha value is -1.87. The van der Waals surface area contributed by atoms with Crippen LogP contribution in [0, 0.1) is 0 Å². The van der Waals surface area contributed by atoms with Crippen molar-refractivity contribution in [2.45, 2.75) is 6.92 Å². The summed E-state index contributed by atoms with van der Waals surface area (Å²) in [6.07, 6.45) is 1.25. The fourth-order valence-corrected chi connectivity index (χ4v) is 2.46. The second-order valence-corrected chi connectivity index (χ2v) is 6.09. The van der Waals surface area contributed by atoms with E-state index in [2.05, 4.69) is 16.0 Å². The van der Waals surface area contributed by atoms with Crippen LogP contribution in [0.25, 0.3) is 0 Å². The quantitative estimate of drug-likeness (QED) is 0.716. The number of benzene rings is 2. The minimum absolute atomic E-state index is 0.114. The zero-order valence-electron chi connectivity index (χ0n) is 11.7. The monoisotopic (exact) mass is 380 g/mol. The third-order valence-electron chi connectivity index (χ3n) is 3.09.